The molecule has 2 amide bonds. The van der Waals surface area contributed by atoms with Crippen LogP contribution in [0, 0.1) is 31.6 Å². The average molecular weight is 846 g/mol. The highest BCUT2D eigenvalue weighted by atomic mass is 35.5. The van der Waals surface area contributed by atoms with Crippen molar-refractivity contribution >= 4 is 46.4 Å². The van der Waals surface area contributed by atoms with Crippen molar-refractivity contribution < 1.29 is 23.8 Å². The molecule has 1 saturated heterocycles. The minimum absolute atomic E-state index is 0.0779. The quantitative estimate of drug-likeness (QED) is 0.122. The highest BCUT2D eigenvalue weighted by Gasteiger charge is 2.53. The third-order valence-corrected chi connectivity index (χ3v) is 13.1. The standard InChI is InChI=1S/C43H56ClN9O5S/c1-26-27(2)59-39-35(26)36(29-8-10-31(44)11-9-29)48-33(37-51-50-28(3)53(37)39)22-34(54)45-14-17-56-18-19-57-20-21-58-32-12-15-52(16-13-32)41-46-23-30(24-47-41)38(55)49-40-42(4,5)25-43(40,6)7/h8-11,23-24,32-33,40H,12-22,25H2,1-7H3,(H,45,54)(H,49,55). The first kappa shape index (κ1) is 42.8. The van der Waals surface area contributed by atoms with Crippen LogP contribution in [0.2, 0.25) is 5.02 Å². The van der Waals surface area contributed by atoms with Crippen LogP contribution in [0.4, 0.5) is 5.95 Å². The van der Waals surface area contributed by atoms with E-state index in [0.717, 1.165) is 65.6 Å². The second kappa shape index (κ2) is 18.1. The number of halogens is 1. The number of nitrogens with zero attached hydrogens (tertiary/aromatic N) is 7. The Hall–Kier alpha value is -4.28. The lowest BCUT2D eigenvalue weighted by atomic mass is 9.52. The Morgan fingerprint density at radius 2 is 1.58 bits per heavy atom. The number of thiophene rings is 1. The van der Waals surface area contributed by atoms with Gasteiger partial charge in [0.2, 0.25) is 11.9 Å². The summed E-state index contributed by atoms with van der Waals surface area (Å²) in [6.07, 6.45) is 6.30. The molecule has 5 heterocycles. The molecule has 2 aliphatic heterocycles. The van der Waals surface area contributed by atoms with Gasteiger partial charge < -0.3 is 29.7 Å². The second-order valence-electron chi connectivity index (χ2n) is 17.1. The Labute approximate surface area is 355 Å². The van der Waals surface area contributed by atoms with Gasteiger partial charge in [-0.1, -0.05) is 51.4 Å². The van der Waals surface area contributed by atoms with Gasteiger partial charge in [0.25, 0.3) is 5.91 Å². The summed E-state index contributed by atoms with van der Waals surface area (Å²) in [6.45, 7) is 19.0. The highest BCUT2D eigenvalue weighted by Crippen LogP contribution is 2.53. The Balaban J connectivity index is 0.777. The molecule has 1 atom stereocenters. The molecule has 316 valence electrons. The van der Waals surface area contributed by atoms with Gasteiger partial charge >= 0.3 is 0 Å². The number of fused-ring (bicyclic) bond motifs is 3. The van der Waals surface area contributed by atoms with Crippen LogP contribution in [-0.2, 0) is 19.0 Å². The first-order valence-electron chi connectivity index (χ1n) is 20.5. The fourth-order valence-electron chi connectivity index (χ4n) is 8.97. The number of aliphatic imine (C=N–C) groups is 1. The molecule has 0 bridgehead atoms. The summed E-state index contributed by atoms with van der Waals surface area (Å²) < 4.78 is 19.6. The number of carbonyl (C=O) groups is 2. The Morgan fingerprint density at radius 1 is 0.915 bits per heavy atom. The monoisotopic (exact) mass is 845 g/mol. The molecular formula is C43H56ClN9O5S. The topological polar surface area (TPSA) is 158 Å². The van der Waals surface area contributed by atoms with Crippen LogP contribution in [0.3, 0.4) is 0 Å². The number of ether oxygens (including phenoxy) is 3. The van der Waals surface area contributed by atoms with E-state index < -0.39 is 6.04 Å². The number of aryl methyl sites for hydroxylation is 2. The molecular weight excluding hydrogens is 790 g/mol. The predicted octanol–water partition coefficient (Wildman–Crippen LogP) is 6.37. The maximum Gasteiger partial charge on any atom is 0.254 e. The number of hydrogen-bond donors (Lipinski definition) is 2. The molecule has 2 N–H and O–H groups in total. The van der Waals surface area contributed by atoms with E-state index in [0.29, 0.717) is 61.9 Å². The number of nitrogens with one attached hydrogen (secondary N) is 2. The lowest BCUT2D eigenvalue weighted by molar-refractivity contribution is -0.121. The van der Waals surface area contributed by atoms with Gasteiger partial charge in [-0.25, -0.2) is 9.97 Å². The van der Waals surface area contributed by atoms with Gasteiger partial charge in [-0.3, -0.25) is 19.1 Å². The normalized spacial score (nSPS) is 18.7. The smallest absolute Gasteiger partial charge is 0.254 e. The number of piperidine rings is 1. The molecule has 7 rings (SSSR count). The van der Waals surface area contributed by atoms with Gasteiger partial charge in [0.05, 0.1) is 56.8 Å². The maximum atomic E-state index is 13.2. The molecule has 3 aromatic heterocycles. The molecule has 3 aliphatic rings. The molecule has 1 unspecified atom stereocenters. The number of rotatable bonds is 16. The number of aromatic nitrogens is 5. The van der Waals surface area contributed by atoms with E-state index in [2.05, 4.69) is 77.2 Å². The van der Waals surface area contributed by atoms with Crippen LogP contribution < -0.4 is 15.5 Å². The van der Waals surface area contributed by atoms with E-state index >= 15 is 0 Å². The van der Waals surface area contributed by atoms with E-state index in [1.165, 1.54) is 4.88 Å². The minimum atomic E-state index is -0.532. The molecule has 14 nitrogen and oxygen atoms in total. The zero-order valence-corrected chi connectivity index (χ0v) is 36.7. The lowest BCUT2D eigenvalue weighted by Gasteiger charge is -2.57. The maximum absolute atomic E-state index is 13.2. The van der Waals surface area contributed by atoms with Crippen LogP contribution >= 0.6 is 22.9 Å². The number of carbonyl (C=O) groups excluding carboxylic acids is 2. The number of amides is 2. The summed E-state index contributed by atoms with van der Waals surface area (Å²) in [5, 5.41) is 16.7. The zero-order chi connectivity index (χ0) is 41.9. The summed E-state index contributed by atoms with van der Waals surface area (Å²) in [5.41, 5.74) is 4.55. The van der Waals surface area contributed by atoms with Crippen molar-refractivity contribution in [3.63, 3.8) is 0 Å². The summed E-state index contributed by atoms with van der Waals surface area (Å²) in [5.74, 6) is 1.75. The fourth-order valence-corrected chi connectivity index (χ4v) is 10.3. The van der Waals surface area contributed by atoms with Crippen molar-refractivity contribution in [3.8, 4) is 5.00 Å². The minimum Gasteiger partial charge on any atom is -0.377 e. The molecule has 1 aromatic carbocycles. The summed E-state index contributed by atoms with van der Waals surface area (Å²) in [4.78, 5) is 43.7. The van der Waals surface area contributed by atoms with Gasteiger partial charge in [0.15, 0.2) is 5.82 Å². The number of anilines is 1. The Morgan fingerprint density at radius 3 is 2.25 bits per heavy atom. The number of hydrogen-bond acceptors (Lipinski definition) is 12. The number of benzene rings is 1. The van der Waals surface area contributed by atoms with Gasteiger partial charge in [0, 0.05) is 59.1 Å². The van der Waals surface area contributed by atoms with E-state index in [-0.39, 0.29) is 41.2 Å². The molecule has 0 spiro atoms. The average Bonchev–Trinajstić information content (AvgIpc) is 3.69. The van der Waals surface area contributed by atoms with Crippen LogP contribution in [0.25, 0.3) is 5.00 Å². The van der Waals surface area contributed by atoms with Crippen molar-refractivity contribution in [1.29, 1.82) is 0 Å². The lowest BCUT2D eigenvalue weighted by Crippen LogP contribution is -2.63. The van der Waals surface area contributed by atoms with E-state index in [1.54, 1.807) is 23.7 Å². The van der Waals surface area contributed by atoms with Crippen LogP contribution in [-0.4, -0.2) is 107 Å². The van der Waals surface area contributed by atoms with Gasteiger partial charge in [-0.2, -0.15) is 0 Å². The molecule has 4 aromatic rings. The second-order valence-corrected chi connectivity index (χ2v) is 18.7. The van der Waals surface area contributed by atoms with E-state index in [1.807, 2.05) is 35.8 Å². The molecule has 0 radical (unpaired) electrons. The van der Waals surface area contributed by atoms with Crippen molar-refractivity contribution in [2.45, 2.75) is 92.3 Å². The molecule has 59 heavy (non-hydrogen) atoms. The summed E-state index contributed by atoms with van der Waals surface area (Å²) in [7, 11) is 0. The first-order chi connectivity index (χ1) is 28.2. The summed E-state index contributed by atoms with van der Waals surface area (Å²) in [6, 6.07) is 7.22. The fraction of sp³-hybridized carbons (Fsp3) is 0.558. The van der Waals surface area contributed by atoms with E-state index in [4.69, 9.17) is 30.8 Å². The van der Waals surface area contributed by atoms with Crippen LogP contribution in [0.15, 0.2) is 41.7 Å². The van der Waals surface area contributed by atoms with Gasteiger partial charge in [-0.05, 0) is 68.6 Å². The van der Waals surface area contributed by atoms with Crippen molar-refractivity contribution in [2.75, 3.05) is 57.6 Å². The van der Waals surface area contributed by atoms with E-state index in [9.17, 15) is 9.59 Å². The van der Waals surface area contributed by atoms with Gasteiger partial charge in [-0.15, -0.1) is 21.5 Å². The van der Waals surface area contributed by atoms with Crippen LogP contribution in [0.5, 0.6) is 0 Å². The predicted molar refractivity (Wildman–Crippen MR) is 229 cm³/mol. The molecule has 2 fully saturated rings. The van der Waals surface area contributed by atoms with Crippen LogP contribution in [0.1, 0.15) is 103 Å². The summed E-state index contributed by atoms with van der Waals surface area (Å²) >= 11 is 7.91. The highest BCUT2D eigenvalue weighted by molar-refractivity contribution is 7.15. The molecule has 1 saturated carbocycles. The van der Waals surface area contributed by atoms with Crippen molar-refractivity contribution in [1.82, 2.24) is 35.4 Å². The van der Waals surface area contributed by atoms with Crippen molar-refractivity contribution in [3.05, 3.63) is 80.5 Å². The largest absolute Gasteiger partial charge is 0.377 e. The molecule has 16 heteroatoms. The zero-order valence-electron chi connectivity index (χ0n) is 35.1. The third-order valence-electron chi connectivity index (χ3n) is 11.6. The Kier molecular flexibility index (Phi) is 13.2. The van der Waals surface area contributed by atoms with Gasteiger partial charge in [0.1, 0.15) is 16.9 Å². The third kappa shape index (κ3) is 9.70. The first-order valence-corrected chi connectivity index (χ1v) is 21.7. The molecule has 1 aliphatic carbocycles. The van der Waals surface area contributed by atoms with Crippen molar-refractivity contribution in [2.24, 2.45) is 15.8 Å². The Bertz CT molecular complexity index is 2130. The SMILES string of the molecule is Cc1sc2c(c1C)C(c1ccc(Cl)cc1)=NC(CC(=O)NCCOCCOCCOC1CCN(c3ncc(C(=O)NC4C(C)(C)CC4(C)C)cn3)CC1)c1nnc(C)n1-2.